The van der Waals surface area contributed by atoms with E-state index >= 15 is 0 Å². The minimum absolute atomic E-state index is 0.112. The summed E-state index contributed by atoms with van der Waals surface area (Å²) in [5.41, 5.74) is 0. The Morgan fingerprint density at radius 3 is 2.54 bits per heavy atom. The summed E-state index contributed by atoms with van der Waals surface area (Å²) in [6, 6.07) is 0. The van der Waals surface area contributed by atoms with Crippen molar-refractivity contribution in [2.24, 2.45) is 11.8 Å². The van der Waals surface area contributed by atoms with Gasteiger partial charge in [-0.3, -0.25) is 0 Å². The third kappa shape index (κ3) is 2.22. The zero-order valence-electron chi connectivity index (χ0n) is 8.13. The number of piperidine rings is 2. The SMILES string of the molecule is OC1CNCCC1C1CCCNC1. The van der Waals surface area contributed by atoms with Gasteiger partial charge >= 0.3 is 0 Å². The van der Waals surface area contributed by atoms with E-state index in [9.17, 15) is 5.11 Å². The van der Waals surface area contributed by atoms with Crippen LogP contribution in [0.4, 0.5) is 0 Å². The van der Waals surface area contributed by atoms with Crippen LogP contribution in [0.5, 0.6) is 0 Å². The lowest BCUT2D eigenvalue weighted by Gasteiger charge is -2.36. The maximum atomic E-state index is 9.83. The number of aliphatic hydroxyl groups excluding tert-OH is 1. The van der Waals surface area contributed by atoms with Crippen molar-refractivity contribution >= 4 is 0 Å². The average molecular weight is 184 g/mol. The first kappa shape index (κ1) is 9.44. The van der Waals surface area contributed by atoms with Crippen LogP contribution in [-0.4, -0.2) is 37.4 Å². The summed E-state index contributed by atoms with van der Waals surface area (Å²) in [4.78, 5) is 0. The topological polar surface area (TPSA) is 44.3 Å². The first-order valence-electron chi connectivity index (χ1n) is 5.47. The second-order valence-corrected chi connectivity index (χ2v) is 4.33. The van der Waals surface area contributed by atoms with Crippen molar-refractivity contribution in [3.8, 4) is 0 Å². The zero-order chi connectivity index (χ0) is 9.10. The minimum Gasteiger partial charge on any atom is -0.392 e. The van der Waals surface area contributed by atoms with E-state index in [0.717, 1.165) is 32.6 Å². The van der Waals surface area contributed by atoms with Crippen LogP contribution in [-0.2, 0) is 0 Å². The lowest BCUT2D eigenvalue weighted by atomic mass is 9.79. The van der Waals surface area contributed by atoms with E-state index in [2.05, 4.69) is 10.6 Å². The molecule has 2 heterocycles. The van der Waals surface area contributed by atoms with E-state index in [0.29, 0.717) is 11.8 Å². The molecule has 0 saturated carbocycles. The number of aliphatic hydroxyl groups is 1. The van der Waals surface area contributed by atoms with Gasteiger partial charge in [0.15, 0.2) is 0 Å². The maximum absolute atomic E-state index is 9.83. The van der Waals surface area contributed by atoms with Crippen LogP contribution in [0.25, 0.3) is 0 Å². The van der Waals surface area contributed by atoms with Crippen LogP contribution in [0.1, 0.15) is 19.3 Å². The largest absolute Gasteiger partial charge is 0.392 e. The number of β-amino-alcohol motifs (C(OH)–C–C–N with tert-alkyl or cyclic N) is 1. The molecule has 2 fully saturated rings. The van der Waals surface area contributed by atoms with Gasteiger partial charge in [0.2, 0.25) is 0 Å². The summed E-state index contributed by atoms with van der Waals surface area (Å²) in [7, 11) is 0. The Bertz CT molecular complexity index is 157. The number of hydrogen-bond acceptors (Lipinski definition) is 3. The molecule has 76 valence electrons. The number of rotatable bonds is 1. The molecule has 0 spiro atoms. The van der Waals surface area contributed by atoms with Crippen molar-refractivity contribution in [2.45, 2.75) is 25.4 Å². The molecule has 2 saturated heterocycles. The molecule has 0 radical (unpaired) electrons. The summed E-state index contributed by atoms with van der Waals surface area (Å²) in [5, 5.41) is 16.5. The van der Waals surface area contributed by atoms with Crippen LogP contribution < -0.4 is 10.6 Å². The molecule has 0 aromatic carbocycles. The van der Waals surface area contributed by atoms with Crippen LogP contribution in [0.2, 0.25) is 0 Å². The third-order valence-electron chi connectivity index (χ3n) is 3.44. The molecule has 3 atom stereocenters. The lowest BCUT2D eigenvalue weighted by molar-refractivity contribution is 0.0400. The Morgan fingerprint density at radius 1 is 1.00 bits per heavy atom. The summed E-state index contributed by atoms with van der Waals surface area (Å²) in [6.45, 7) is 4.15. The molecule has 3 heteroatoms. The van der Waals surface area contributed by atoms with Gasteiger partial charge in [-0.1, -0.05) is 0 Å². The highest BCUT2D eigenvalue weighted by atomic mass is 16.3. The molecule has 3 unspecified atom stereocenters. The molecular weight excluding hydrogens is 164 g/mol. The molecule has 2 aliphatic heterocycles. The first-order chi connectivity index (χ1) is 6.38. The molecule has 0 bridgehead atoms. The predicted octanol–water partition coefficient (Wildman–Crippen LogP) is -0.0436. The van der Waals surface area contributed by atoms with Crippen molar-refractivity contribution in [3.05, 3.63) is 0 Å². The minimum atomic E-state index is -0.112. The summed E-state index contributed by atoms with van der Waals surface area (Å²) < 4.78 is 0. The molecule has 0 aromatic heterocycles. The van der Waals surface area contributed by atoms with Crippen molar-refractivity contribution in [1.29, 1.82) is 0 Å². The van der Waals surface area contributed by atoms with Crippen molar-refractivity contribution < 1.29 is 5.11 Å². The van der Waals surface area contributed by atoms with Crippen LogP contribution >= 0.6 is 0 Å². The second-order valence-electron chi connectivity index (χ2n) is 4.33. The molecule has 2 rings (SSSR count). The quantitative estimate of drug-likeness (QED) is 0.535. The zero-order valence-corrected chi connectivity index (χ0v) is 8.13. The highest BCUT2D eigenvalue weighted by molar-refractivity contribution is 4.85. The van der Waals surface area contributed by atoms with Gasteiger partial charge in [-0.05, 0) is 50.7 Å². The summed E-state index contributed by atoms with van der Waals surface area (Å²) in [5.74, 6) is 1.25. The molecule has 3 N–H and O–H groups in total. The summed E-state index contributed by atoms with van der Waals surface area (Å²) in [6.07, 6.45) is 3.61. The Balaban J connectivity index is 1.88. The molecule has 0 amide bonds. The van der Waals surface area contributed by atoms with E-state index in [-0.39, 0.29) is 6.10 Å². The van der Waals surface area contributed by atoms with Gasteiger partial charge in [0.05, 0.1) is 6.10 Å². The third-order valence-corrected chi connectivity index (χ3v) is 3.44. The Hall–Kier alpha value is -0.120. The van der Waals surface area contributed by atoms with E-state index < -0.39 is 0 Å². The summed E-state index contributed by atoms with van der Waals surface area (Å²) >= 11 is 0. The van der Waals surface area contributed by atoms with Gasteiger partial charge in [-0.2, -0.15) is 0 Å². The molecule has 0 aromatic rings. The van der Waals surface area contributed by atoms with E-state index in [4.69, 9.17) is 0 Å². The van der Waals surface area contributed by atoms with Crippen LogP contribution in [0.15, 0.2) is 0 Å². The van der Waals surface area contributed by atoms with E-state index in [1.807, 2.05) is 0 Å². The van der Waals surface area contributed by atoms with Gasteiger partial charge in [0, 0.05) is 6.54 Å². The molecule has 0 aliphatic carbocycles. The average Bonchev–Trinajstić information content (AvgIpc) is 2.20. The van der Waals surface area contributed by atoms with Gasteiger partial charge < -0.3 is 15.7 Å². The second kappa shape index (κ2) is 4.40. The fourth-order valence-electron chi connectivity index (χ4n) is 2.66. The van der Waals surface area contributed by atoms with Crippen LogP contribution in [0.3, 0.4) is 0 Å². The molecule has 13 heavy (non-hydrogen) atoms. The Labute approximate surface area is 79.9 Å². The standard InChI is InChI=1S/C10H20N2O/c13-10-7-12-5-3-9(10)8-2-1-4-11-6-8/h8-13H,1-7H2. The Kier molecular flexibility index (Phi) is 3.19. The highest BCUT2D eigenvalue weighted by Gasteiger charge is 2.30. The number of hydrogen-bond donors (Lipinski definition) is 3. The van der Waals surface area contributed by atoms with Gasteiger partial charge in [-0.15, -0.1) is 0 Å². The first-order valence-corrected chi connectivity index (χ1v) is 5.47. The normalized spacial score (nSPS) is 41.8. The lowest BCUT2D eigenvalue weighted by Crippen LogP contribution is -2.47. The molecule has 2 aliphatic rings. The fourth-order valence-corrected chi connectivity index (χ4v) is 2.66. The van der Waals surface area contributed by atoms with E-state index in [1.165, 1.54) is 12.8 Å². The van der Waals surface area contributed by atoms with Crippen molar-refractivity contribution in [1.82, 2.24) is 10.6 Å². The number of nitrogens with one attached hydrogen (secondary N) is 2. The smallest absolute Gasteiger partial charge is 0.0696 e. The van der Waals surface area contributed by atoms with E-state index in [1.54, 1.807) is 0 Å². The monoisotopic (exact) mass is 184 g/mol. The van der Waals surface area contributed by atoms with Crippen molar-refractivity contribution in [2.75, 3.05) is 26.2 Å². The molecular formula is C10H20N2O. The van der Waals surface area contributed by atoms with Gasteiger partial charge in [0.25, 0.3) is 0 Å². The highest BCUT2D eigenvalue weighted by Crippen LogP contribution is 2.27. The van der Waals surface area contributed by atoms with Crippen LogP contribution in [0, 0.1) is 11.8 Å². The fraction of sp³-hybridized carbons (Fsp3) is 1.00. The predicted molar refractivity (Wildman–Crippen MR) is 52.6 cm³/mol. The maximum Gasteiger partial charge on any atom is 0.0696 e. The van der Waals surface area contributed by atoms with Gasteiger partial charge in [-0.25, -0.2) is 0 Å². The van der Waals surface area contributed by atoms with Gasteiger partial charge in [0.1, 0.15) is 0 Å². The Morgan fingerprint density at radius 2 is 1.85 bits per heavy atom. The molecule has 3 nitrogen and oxygen atoms in total. The van der Waals surface area contributed by atoms with Crippen molar-refractivity contribution in [3.63, 3.8) is 0 Å².